The van der Waals surface area contributed by atoms with E-state index in [4.69, 9.17) is 0 Å². The van der Waals surface area contributed by atoms with Gasteiger partial charge in [0.1, 0.15) is 0 Å². The van der Waals surface area contributed by atoms with Gasteiger partial charge in [-0.15, -0.1) is 0 Å². The van der Waals surface area contributed by atoms with Crippen molar-refractivity contribution in [3.63, 3.8) is 0 Å². The van der Waals surface area contributed by atoms with Gasteiger partial charge in [0.05, 0.1) is 0 Å². The Morgan fingerprint density at radius 3 is 1.40 bits per heavy atom. The van der Waals surface area contributed by atoms with Crippen LogP contribution in [0.25, 0.3) is 55.6 Å². The highest BCUT2D eigenvalue weighted by Gasteiger charge is 2.35. The minimum Gasteiger partial charge on any atom is -0.356 e. The molecule has 1 N–H and O–H groups in total. The predicted octanol–water partition coefficient (Wildman–Crippen LogP) is 13.0. The van der Waals surface area contributed by atoms with Gasteiger partial charge in [-0.05, 0) is 122 Å². The van der Waals surface area contributed by atoms with Crippen LogP contribution in [0.4, 0.5) is 11.4 Å². The molecule has 0 bridgehead atoms. The second-order valence-corrected chi connectivity index (χ2v) is 13.6. The molecule has 0 radical (unpaired) electrons. The third-order valence-electron chi connectivity index (χ3n) is 10.2. The summed E-state index contributed by atoms with van der Waals surface area (Å²) in [7, 11) is 0. The molecular weight excluding hydrogens is 579 g/mol. The van der Waals surface area contributed by atoms with E-state index in [1.54, 1.807) is 0 Å². The average Bonchev–Trinajstić information content (AvgIpc) is 3.34. The summed E-state index contributed by atoms with van der Waals surface area (Å²) in [6.45, 7) is 9.09. The van der Waals surface area contributed by atoms with E-state index < -0.39 is 0 Å². The summed E-state index contributed by atoms with van der Waals surface area (Å²) in [6.07, 6.45) is 0. The Hall–Kier alpha value is -5.66. The van der Waals surface area contributed by atoms with Gasteiger partial charge in [0.2, 0.25) is 0 Å². The van der Waals surface area contributed by atoms with E-state index in [1.807, 2.05) is 0 Å². The zero-order valence-electron chi connectivity index (χ0n) is 28.0. The Kier molecular flexibility index (Phi) is 7.34. The fourth-order valence-corrected chi connectivity index (χ4v) is 7.42. The first-order chi connectivity index (χ1) is 23.3. The first-order valence-corrected chi connectivity index (χ1v) is 16.8. The van der Waals surface area contributed by atoms with Crippen LogP contribution in [0, 0.1) is 13.8 Å². The smallest absolute Gasteiger partial charge is 0.0387 e. The Morgan fingerprint density at radius 1 is 0.354 bits per heavy atom. The molecule has 1 aliphatic rings. The van der Waals surface area contributed by atoms with Crippen LogP contribution in [-0.2, 0) is 5.41 Å². The quantitative estimate of drug-likeness (QED) is 0.196. The molecule has 7 aromatic carbocycles. The van der Waals surface area contributed by atoms with E-state index in [0.29, 0.717) is 0 Å². The van der Waals surface area contributed by atoms with Gasteiger partial charge >= 0.3 is 0 Å². The number of benzene rings is 7. The molecule has 0 unspecified atom stereocenters. The first-order valence-electron chi connectivity index (χ1n) is 16.8. The highest BCUT2D eigenvalue weighted by molar-refractivity contribution is 5.86. The van der Waals surface area contributed by atoms with Gasteiger partial charge in [0.25, 0.3) is 0 Å². The normalized spacial score (nSPS) is 12.8. The van der Waals surface area contributed by atoms with E-state index in [2.05, 4.69) is 191 Å². The maximum atomic E-state index is 3.70. The molecule has 1 aliphatic carbocycles. The highest BCUT2D eigenvalue weighted by atomic mass is 14.9. The van der Waals surface area contributed by atoms with Crippen molar-refractivity contribution >= 4 is 11.4 Å². The van der Waals surface area contributed by atoms with Crippen molar-refractivity contribution in [3.05, 3.63) is 180 Å². The fraction of sp³-hybridized carbons (Fsp3) is 0.106. The lowest BCUT2D eigenvalue weighted by molar-refractivity contribution is 0.661. The maximum Gasteiger partial charge on any atom is 0.0387 e. The molecule has 7 aromatic rings. The molecule has 0 saturated carbocycles. The van der Waals surface area contributed by atoms with Gasteiger partial charge in [0, 0.05) is 16.8 Å². The highest BCUT2D eigenvalue weighted by Crippen LogP contribution is 2.50. The van der Waals surface area contributed by atoms with Gasteiger partial charge in [-0.25, -0.2) is 0 Å². The summed E-state index contributed by atoms with van der Waals surface area (Å²) in [6, 6.07) is 57.5. The van der Waals surface area contributed by atoms with Gasteiger partial charge in [-0.3, -0.25) is 0 Å². The molecule has 0 fully saturated rings. The molecule has 0 amide bonds. The average molecular weight is 618 g/mol. The number of hydrogen-bond donors (Lipinski definition) is 1. The van der Waals surface area contributed by atoms with Crippen molar-refractivity contribution in [2.75, 3.05) is 5.32 Å². The number of nitrogens with one attached hydrogen (secondary N) is 1. The lowest BCUT2D eigenvalue weighted by atomic mass is 9.81. The minimum absolute atomic E-state index is 0.108. The van der Waals surface area contributed by atoms with E-state index in [9.17, 15) is 0 Å². The van der Waals surface area contributed by atoms with Crippen molar-refractivity contribution in [3.8, 4) is 55.6 Å². The molecule has 1 nitrogen and oxygen atoms in total. The Morgan fingerprint density at radius 2 is 0.792 bits per heavy atom. The predicted molar refractivity (Wildman–Crippen MR) is 205 cm³/mol. The van der Waals surface area contributed by atoms with Crippen molar-refractivity contribution in [2.24, 2.45) is 0 Å². The topological polar surface area (TPSA) is 12.0 Å². The third kappa shape index (κ3) is 5.32. The maximum absolute atomic E-state index is 3.70. The van der Waals surface area contributed by atoms with Crippen LogP contribution in [0.15, 0.2) is 158 Å². The molecule has 0 atom stereocenters. The lowest BCUT2D eigenvalue weighted by Gasteiger charge is -2.23. The molecule has 8 rings (SSSR count). The second-order valence-electron chi connectivity index (χ2n) is 13.6. The monoisotopic (exact) mass is 617 g/mol. The molecule has 0 aliphatic heterocycles. The number of hydrogen-bond acceptors (Lipinski definition) is 1. The number of aryl methyl sites for hydroxylation is 2. The van der Waals surface area contributed by atoms with E-state index in [1.165, 1.54) is 77.9 Å². The fourth-order valence-electron chi connectivity index (χ4n) is 7.42. The molecule has 0 saturated heterocycles. The zero-order valence-corrected chi connectivity index (χ0v) is 28.0. The lowest BCUT2D eigenvalue weighted by Crippen LogP contribution is -2.15. The molecule has 48 heavy (non-hydrogen) atoms. The molecular formula is C47H39N. The molecule has 0 heterocycles. The van der Waals surface area contributed by atoms with Crippen LogP contribution in [0.5, 0.6) is 0 Å². The van der Waals surface area contributed by atoms with Crippen LogP contribution >= 0.6 is 0 Å². The summed E-state index contributed by atoms with van der Waals surface area (Å²) in [4.78, 5) is 0. The summed E-state index contributed by atoms with van der Waals surface area (Å²) < 4.78 is 0. The molecule has 232 valence electrons. The number of rotatable bonds is 6. The minimum atomic E-state index is -0.108. The zero-order chi connectivity index (χ0) is 32.8. The first kappa shape index (κ1) is 29.7. The summed E-state index contributed by atoms with van der Waals surface area (Å²) >= 11 is 0. The number of fused-ring (bicyclic) bond motifs is 3. The van der Waals surface area contributed by atoms with Gasteiger partial charge < -0.3 is 5.32 Å². The van der Waals surface area contributed by atoms with Gasteiger partial charge in [-0.2, -0.15) is 0 Å². The molecule has 1 heteroatoms. The van der Waals surface area contributed by atoms with Crippen molar-refractivity contribution in [1.29, 1.82) is 0 Å². The van der Waals surface area contributed by atoms with Crippen LogP contribution in [-0.4, -0.2) is 0 Å². The Balaban J connectivity index is 1.02. The van der Waals surface area contributed by atoms with Crippen LogP contribution < -0.4 is 5.32 Å². The van der Waals surface area contributed by atoms with Crippen molar-refractivity contribution in [2.45, 2.75) is 33.1 Å². The second kappa shape index (κ2) is 11.9. The van der Waals surface area contributed by atoms with Crippen LogP contribution in [0.2, 0.25) is 0 Å². The van der Waals surface area contributed by atoms with Gasteiger partial charge in [0.15, 0.2) is 0 Å². The molecule has 0 aromatic heterocycles. The van der Waals surface area contributed by atoms with E-state index >= 15 is 0 Å². The number of anilines is 2. The van der Waals surface area contributed by atoms with E-state index in [-0.39, 0.29) is 5.41 Å². The van der Waals surface area contributed by atoms with Crippen LogP contribution in [0.1, 0.15) is 36.1 Å². The van der Waals surface area contributed by atoms with Crippen molar-refractivity contribution in [1.82, 2.24) is 0 Å². The van der Waals surface area contributed by atoms with Crippen LogP contribution in [0.3, 0.4) is 0 Å². The third-order valence-corrected chi connectivity index (χ3v) is 10.2. The summed E-state index contributed by atoms with van der Waals surface area (Å²) in [5, 5.41) is 3.70. The SMILES string of the molecule is Cc1ccccc1-c1ccc(Nc2ccc3c(c2)C(C)(C)c2cc(-c4ccc(-c5ccc(-c6ccccc6)cc5)cc4)ccc2-3)cc1C. The van der Waals surface area contributed by atoms with E-state index in [0.717, 1.165) is 11.4 Å². The van der Waals surface area contributed by atoms with Crippen molar-refractivity contribution < 1.29 is 0 Å². The Labute approximate surface area is 284 Å². The summed E-state index contributed by atoms with van der Waals surface area (Å²) in [5.41, 5.74) is 20.1. The Bertz CT molecular complexity index is 2270. The largest absolute Gasteiger partial charge is 0.356 e. The molecule has 0 spiro atoms. The van der Waals surface area contributed by atoms with Gasteiger partial charge in [-0.1, -0.05) is 141 Å². The standard InChI is InChI=1S/C47H39N/c1-31-10-8-9-13-41(31)42-26-23-39(28-32(42)2)48-40-24-27-44-43-25-22-38(29-45(43)47(3,4)46(44)30-40)37-20-18-36(19-21-37)35-16-14-34(15-17-35)33-11-6-5-7-12-33/h5-30,48H,1-4H3. The summed E-state index contributed by atoms with van der Waals surface area (Å²) in [5.74, 6) is 0.